The Morgan fingerprint density at radius 1 is 1.42 bits per heavy atom. The van der Waals surface area contributed by atoms with Crippen LogP contribution in [0.4, 0.5) is 14.9 Å². The molecule has 0 aliphatic heterocycles. The van der Waals surface area contributed by atoms with Crippen LogP contribution in [0.5, 0.6) is 0 Å². The summed E-state index contributed by atoms with van der Waals surface area (Å²) in [7, 11) is 0. The third-order valence-corrected chi connectivity index (χ3v) is 2.35. The summed E-state index contributed by atoms with van der Waals surface area (Å²) in [5.41, 5.74) is 5.78. The second kappa shape index (κ2) is 6.52. The highest BCUT2D eigenvalue weighted by Gasteiger charge is 2.16. The summed E-state index contributed by atoms with van der Waals surface area (Å²) in [5.74, 6) is -0.345. The van der Waals surface area contributed by atoms with Gasteiger partial charge < -0.3 is 10.5 Å². The third kappa shape index (κ3) is 5.70. The van der Waals surface area contributed by atoms with Gasteiger partial charge >= 0.3 is 6.09 Å². The molecule has 0 saturated heterocycles. The molecule has 0 heterocycles. The Morgan fingerprint density at radius 3 is 2.63 bits per heavy atom. The van der Waals surface area contributed by atoms with E-state index in [1.54, 1.807) is 32.9 Å². The van der Waals surface area contributed by atoms with Gasteiger partial charge in [-0.15, -0.1) is 0 Å². The number of halogens is 1. The Hall–Kier alpha value is -1.62. The zero-order valence-corrected chi connectivity index (χ0v) is 11.6. The van der Waals surface area contributed by atoms with Gasteiger partial charge in [-0.2, -0.15) is 0 Å². The molecule has 0 aliphatic carbocycles. The van der Waals surface area contributed by atoms with E-state index in [1.165, 1.54) is 6.07 Å². The number of amides is 1. The normalized spacial score (nSPS) is 11.2. The van der Waals surface area contributed by atoms with Crippen molar-refractivity contribution in [3.8, 4) is 0 Å². The Balaban J connectivity index is 2.65. The monoisotopic (exact) mass is 268 g/mol. The lowest BCUT2D eigenvalue weighted by Gasteiger charge is -2.19. The SMILES string of the molecule is CC(C)(C)OC(=O)Nc1ccc(CCCN)c(F)c1. The Labute approximate surface area is 113 Å². The Bertz CT molecular complexity index is 442. The van der Waals surface area contributed by atoms with Crippen LogP contribution in [0.15, 0.2) is 18.2 Å². The van der Waals surface area contributed by atoms with Crippen LogP contribution in [0, 0.1) is 5.82 Å². The zero-order valence-electron chi connectivity index (χ0n) is 11.6. The molecular weight excluding hydrogens is 247 g/mol. The van der Waals surface area contributed by atoms with Crippen molar-refractivity contribution >= 4 is 11.8 Å². The van der Waals surface area contributed by atoms with Crippen molar-refractivity contribution in [1.29, 1.82) is 0 Å². The molecule has 0 aliphatic rings. The van der Waals surface area contributed by atoms with E-state index in [2.05, 4.69) is 5.32 Å². The lowest BCUT2D eigenvalue weighted by atomic mass is 10.1. The van der Waals surface area contributed by atoms with Crippen molar-refractivity contribution in [2.24, 2.45) is 5.73 Å². The number of hydrogen-bond donors (Lipinski definition) is 2. The van der Waals surface area contributed by atoms with E-state index >= 15 is 0 Å². The van der Waals surface area contributed by atoms with Crippen molar-refractivity contribution in [2.75, 3.05) is 11.9 Å². The summed E-state index contributed by atoms with van der Waals surface area (Å²) in [6, 6.07) is 4.59. The maximum absolute atomic E-state index is 13.7. The predicted molar refractivity (Wildman–Crippen MR) is 73.6 cm³/mol. The molecule has 1 rings (SSSR count). The van der Waals surface area contributed by atoms with Crippen LogP contribution in [-0.2, 0) is 11.2 Å². The summed E-state index contributed by atoms with van der Waals surface area (Å²) in [5, 5.41) is 2.50. The van der Waals surface area contributed by atoms with E-state index in [9.17, 15) is 9.18 Å². The summed E-state index contributed by atoms with van der Waals surface area (Å²) in [4.78, 5) is 11.5. The quantitative estimate of drug-likeness (QED) is 0.882. The van der Waals surface area contributed by atoms with Gasteiger partial charge in [0.1, 0.15) is 11.4 Å². The molecule has 1 amide bonds. The average molecular weight is 268 g/mol. The molecule has 1 aromatic carbocycles. The van der Waals surface area contributed by atoms with Crippen LogP contribution < -0.4 is 11.1 Å². The predicted octanol–water partition coefficient (Wildman–Crippen LogP) is 3.06. The highest BCUT2D eigenvalue weighted by atomic mass is 19.1. The second-order valence-corrected chi connectivity index (χ2v) is 5.33. The minimum absolute atomic E-state index is 0.345. The van der Waals surface area contributed by atoms with E-state index in [0.29, 0.717) is 24.2 Å². The topological polar surface area (TPSA) is 64.3 Å². The lowest BCUT2D eigenvalue weighted by Crippen LogP contribution is -2.27. The minimum Gasteiger partial charge on any atom is -0.444 e. The molecule has 106 valence electrons. The molecule has 0 spiro atoms. The van der Waals surface area contributed by atoms with E-state index in [-0.39, 0.29) is 5.82 Å². The molecule has 19 heavy (non-hydrogen) atoms. The van der Waals surface area contributed by atoms with Gasteiger partial charge in [0.15, 0.2) is 0 Å². The van der Waals surface area contributed by atoms with Crippen LogP contribution in [0.25, 0.3) is 0 Å². The standard InChI is InChI=1S/C14H21FN2O2/c1-14(2,3)19-13(18)17-11-7-6-10(5-4-8-16)12(15)9-11/h6-7,9H,4-5,8,16H2,1-3H3,(H,17,18). The highest BCUT2D eigenvalue weighted by molar-refractivity contribution is 5.84. The first kappa shape index (κ1) is 15.4. The van der Waals surface area contributed by atoms with Gasteiger partial charge in [0.2, 0.25) is 0 Å². The van der Waals surface area contributed by atoms with Gasteiger partial charge in [-0.25, -0.2) is 9.18 Å². The van der Waals surface area contributed by atoms with Crippen molar-refractivity contribution in [1.82, 2.24) is 0 Å². The van der Waals surface area contributed by atoms with Crippen LogP contribution in [0.3, 0.4) is 0 Å². The Morgan fingerprint density at radius 2 is 2.11 bits per heavy atom. The summed E-state index contributed by atoms with van der Waals surface area (Å²) in [6.07, 6.45) is 0.728. The number of nitrogens with one attached hydrogen (secondary N) is 1. The molecule has 0 atom stereocenters. The first-order valence-corrected chi connectivity index (χ1v) is 6.30. The lowest BCUT2D eigenvalue weighted by molar-refractivity contribution is 0.0636. The number of hydrogen-bond acceptors (Lipinski definition) is 3. The van der Waals surface area contributed by atoms with Crippen molar-refractivity contribution in [3.05, 3.63) is 29.6 Å². The van der Waals surface area contributed by atoms with Crippen molar-refractivity contribution in [3.63, 3.8) is 0 Å². The number of rotatable bonds is 4. The van der Waals surface area contributed by atoms with Crippen molar-refractivity contribution < 1.29 is 13.9 Å². The number of anilines is 1. The van der Waals surface area contributed by atoms with Crippen molar-refractivity contribution in [2.45, 2.75) is 39.2 Å². The number of ether oxygens (including phenoxy) is 1. The molecule has 3 N–H and O–H groups in total. The van der Waals surface area contributed by atoms with Crippen LogP contribution >= 0.6 is 0 Å². The summed E-state index contributed by atoms with van der Waals surface area (Å²) >= 11 is 0. The molecule has 5 heteroatoms. The molecule has 0 bridgehead atoms. The molecule has 0 unspecified atom stereocenters. The van der Waals surface area contributed by atoms with Crippen LogP contribution in [-0.4, -0.2) is 18.2 Å². The minimum atomic E-state index is -0.596. The van der Waals surface area contributed by atoms with Crippen LogP contribution in [0.2, 0.25) is 0 Å². The summed E-state index contributed by atoms with van der Waals surface area (Å²) < 4.78 is 18.8. The first-order chi connectivity index (χ1) is 8.81. The molecule has 0 aromatic heterocycles. The van der Waals surface area contributed by atoms with Crippen LogP contribution in [0.1, 0.15) is 32.8 Å². The molecular formula is C14H21FN2O2. The number of benzene rings is 1. The number of nitrogens with two attached hydrogens (primary N) is 1. The number of carbonyl (C=O) groups excluding carboxylic acids is 1. The fraction of sp³-hybridized carbons (Fsp3) is 0.500. The van der Waals surface area contributed by atoms with Gasteiger partial charge in [-0.1, -0.05) is 6.07 Å². The average Bonchev–Trinajstić information content (AvgIpc) is 2.25. The smallest absolute Gasteiger partial charge is 0.412 e. The molecule has 1 aromatic rings. The largest absolute Gasteiger partial charge is 0.444 e. The molecule has 0 fully saturated rings. The van der Waals surface area contributed by atoms with E-state index in [4.69, 9.17) is 10.5 Å². The second-order valence-electron chi connectivity index (χ2n) is 5.33. The zero-order chi connectivity index (χ0) is 14.5. The maximum Gasteiger partial charge on any atom is 0.412 e. The maximum atomic E-state index is 13.7. The van der Waals surface area contributed by atoms with E-state index in [0.717, 1.165) is 6.42 Å². The first-order valence-electron chi connectivity index (χ1n) is 6.30. The van der Waals surface area contributed by atoms with E-state index < -0.39 is 11.7 Å². The molecule has 4 nitrogen and oxygen atoms in total. The number of carbonyl (C=O) groups is 1. The summed E-state index contributed by atoms with van der Waals surface area (Å²) in [6.45, 7) is 5.83. The highest BCUT2D eigenvalue weighted by Crippen LogP contribution is 2.17. The van der Waals surface area contributed by atoms with Gasteiger partial charge in [0.25, 0.3) is 0 Å². The van der Waals surface area contributed by atoms with E-state index in [1.807, 2.05) is 0 Å². The van der Waals surface area contributed by atoms with Gasteiger partial charge in [0, 0.05) is 5.69 Å². The molecule has 0 radical (unpaired) electrons. The fourth-order valence-corrected chi connectivity index (χ4v) is 1.54. The third-order valence-electron chi connectivity index (χ3n) is 2.35. The Kier molecular flexibility index (Phi) is 5.30. The molecule has 0 saturated carbocycles. The van der Waals surface area contributed by atoms with Gasteiger partial charge in [-0.05, 0) is 57.9 Å². The van der Waals surface area contributed by atoms with Gasteiger partial charge in [-0.3, -0.25) is 5.32 Å². The fourth-order valence-electron chi connectivity index (χ4n) is 1.54. The van der Waals surface area contributed by atoms with Gasteiger partial charge in [0.05, 0.1) is 0 Å². The number of aryl methyl sites for hydroxylation is 1.